The van der Waals surface area contributed by atoms with Gasteiger partial charge in [-0.15, -0.1) is 10.2 Å². The Morgan fingerprint density at radius 2 is 1.90 bits per heavy atom. The third kappa shape index (κ3) is 3.13. The van der Waals surface area contributed by atoms with E-state index in [-0.39, 0.29) is 0 Å². The molecule has 1 saturated carbocycles. The fraction of sp³-hybridized carbons (Fsp3) is 0.364. The Kier molecular flexibility index (Phi) is 4.05. The van der Waals surface area contributed by atoms with Crippen LogP contribution >= 0.6 is 0 Å². The van der Waals surface area contributed by atoms with Gasteiger partial charge in [0.2, 0.25) is 23.5 Å². The summed E-state index contributed by atoms with van der Waals surface area (Å²) in [5, 5.41) is 12.6. The average molecular weight is 403 g/mol. The molecule has 0 amide bonds. The lowest BCUT2D eigenvalue weighted by Crippen LogP contribution is -2.34. The molecule has 2 fully saturated rings. The maximum absolute atomic E-state index is 6.00. The third-order valence-corrected chi connectivity index (χ3v) is 6.37. The molecule has 6 rings (SSSR count). The topological polar surface area (TPSA) is 94.2 Å². The summed E-state index contributed by atoms with van der Waals surface area (Å²) >= 11 is 0. The molecule has 1 aliphatic heterocycles. The van der Waals surface area contributed by atoms with E-state index in [2.05, 4.69) is 25.2 Å². The van der Waals surface area contributed by atoms with Crippen molar-refractivity contribution in [1.82, 2.24) is 25.2 Å². The Bertz CT molecular complexity index is 1130. The summed E-state index contributed by atoms with van der Waals surface area (Å²) in [6.45, 7) is 2.65. The Balaban J connectivity index is 1.07. The molecule has 8 nitrogen and oxygen atoms in total. The lowest BCUT2D eigenvalue weighted by molar-refractivity contribution is 0.144. The zero-order valence-electron chi connectivity index (χ0n) is 16.4. The molecule has 1 aromatic carbocycles. The minimum Gasteiger partial charge on any atom is -0.461 e. The summed E-state index contributed by atoms with van der Waals surface area (Å²) in [5.74, 6) is 3.50. The molecule has 30 heavy (non-hydrogen) atoms. The number of rotatable bonds is 5. The molecular weight excluding hydrogens is 382 g/mol. The Hall–Kier alpha value is -3.26. The largest absolute Gasteiger partial charge is 0.461 e. The predicted octanol–water partition coefficient (Wildman–Crippen LogP) is 4.15. The van der Waals surface area contributed by atoms with E-state index >= 15 is 0 Å². The van der Waals surface area contributed by atoms with Gasteiger partial charge in [-0.3, -0.25) is 4.90 Å². The maximum Gasteiger partial charge on any atom is 0.247 e. The van der Waals surface area contributed by atoms with Crippen LogP contribution < -0.4 is 0 Å². The number of hydrogen-bond donors (Lipinski definition) is 0. The Labute approximate surface area is 172 Å². The molecule has 8 heteroatoms. The molecule has 3 aromatic heterocycles. The molecule has 4 aromatic rings. The second kappa shape index (κ2) is 6.91. The molecule has 0 radical (unpaired) electrons. The molecule has 1 aliphatic carbocycles. The first-order chi connectivity index (χ1) is 14.8. The van der Waals surface area contributed by atoms with Gasteiger partial charge in [-0.25, -0.2) is 0 Å². The minimum atomic E-state index is 0.297. The van der Waals surface area contributed by atoms with Crippen molar-refractivity contribution in [1.29, 1.82) is 0 Å². The molecule has 4 heterocycles. The summed E-state index contributed by atoms with van der Waals surface area (Å²) in [7, 11) is 0. The van der Waals surface area contributed by atoms with E-state index in [1.807, 2.05) is 42.5 Å². The summed E-state index contributed by atoms with van der Waals surface area (Å²) in [6, 6.07) is 13.6. The van der Waals surface area contributed by atoms with Crippen molar-refractivity contribution < 1.29 is 13.4 Å². The molecule has 0 N–H and O–H groups in total. The van der Waals surface area contributed by atoms with Gasteiger partial charge in [0, 0.05) is 11.5 Å². The van der Waals surface area contributed by atoms with Crippen LogP contribution in [0.25, 0.3) is 23.0 Å². The highest BCUT2D eigenvalue weighted by molar-refractivity contribution is 5.52. The summed E-state index contributed by atoms with van der Waals surface area (Å²) in [5.41, 5.74) is 1.26. The van der Waals surface area contributed by atoms with Gasteiger partial charge in [-0.1, -0.05) is 23.4 Å². The SMILES string of the molecule is c1ccc(-c2nnc([C@H]3CC34CCN(Cc3nc(-c5ccco5)no3)CC4)o2)cc1. The Morgan fingerprint density at radius 1 is 1.03 bits per heavy atom. The lowest BCUT2D eigenvalue weighted by Gasteiger charge is -2.31. The number of nitrogens with zero attached hydrogens (tertiary/aromatic N) is 5. The number of likely N-dealkylation sites (tertiary alicyclic amines) is 1. The number of aromatic nitrogens is 4. The van der Waals surface area contributed by atoms with Crippen molar-refractivity contribution in [2.24, 2.45) is 5.41 Å². The summed E-state index contributed by atoms with van der Waals surface area (Å²) in [4.78, 5) is 6.81. The number of benzene rings is 1. The van der Waals surface area contributed by atoms with Gasteiger partial charge in [-0.2, -0.15) is 4.98 Å². The monoisotopic (exact) mass is 403 g/mol. The molecule has 2 aliphatic rings. The third-order valence-electron chi connectivity index (χ3n) is 6.37. The van der Waals surface area contributed by atoms with Crippen LogP contribution in [-0.2, 0) is 6.54 Å². The molecule has 1 atom stereocenters. The van der Waals surface area contributed by atoms with Gasteiger partial charge < -0.3 is 13.4 Å². The smallest absolute Gasteiger partial charge is 0.247 e. The van der Waals surface area contributed by atoms with Crippen molar-refractivity contribution in [3.63, 3.8) is 0 Å². The van der Waals surface area contributed by atoms with E-state index in [1.54, 1.807) is 6.26 Å². The second-order valence-electron chi connectivity index (χ2n) is 8.20. The van der Waals surface area contributed by atoms with Crippen LogP contribution in [0.5, 0.6) is 0 Å². The Morgan fingerprint density at radius 3 is 2.70 bits per heavy atom. The van der Waals surface area contributed by atoms with Gasteiger partial charge in [0.05, 0.1) is 12.8 Å². The van der Waals surface area contributed by atoms with Gasteiger partial charge in [0.25, 0.3) is 0 Å². The van der Waals surface area contributed by atoms with Crippen molar-refractivity contribution in [3.8, 4) is 23.0 Å². The quantitative estimate of drug-likeness (QED) is 0.490. The van der Waals surface area contributed by atoms with Gasteiger partial charge >= 0.3 is 0 Å². The van der Waals surface area contributed by atoms with Gasteiger partial charge in [0.1, 0.15) is 0 Å². The van der Waals surface area contributed by atoms with Gasteiger partial charge in [0.15, 0.2) is 5.76 Å². The van der Waals surface area contributed by atoms with E-state index in [4.69, 9.17) is 13.4 Å². The van der Waals surface area contributed by atoms with Crippen LogP contribution in [0.15, 0.2) is 62.1 Å². The van der Waals surface area contributed by atoms with E-state index in [9.17, 15) is 0 Å². The van der Waals surface area contributed by atoms with Crippen LogP contribution in [0.1, 0.15) is 37.0 Å². The fourth-order valence-corrected chi connectivity index (χ4v) is 4.49. The maximum atomic E-state index is 6.00. The first-order valence-electron chi connectivity index (χ1n) is 10.3. The van der Waals surface area contributed by atoms with Crippen molar-refractivity contribution in [2.75, 3.05) is 13.1 Å². The van der Waals surface area contributed by atoms with Crippen molar-refractivity contribution in [2.45, 2.75) is 31.7 Å². The van der Waals surface area contributed by atoms with E-state index in [0.29, 0.717) is 41.2 Å². The van der Waals surface area contributed by atoms with Crippen LogP contribution in [-0.4, -0.2) is 38.3 Å². The molecule has 1 spiro atoms. The summed E-state index contributed by atoms with van der Waals surface area (Å²) < 4.78 is 16.7. The zero-order chi connectivity index (χ0) is 20.0. The standard InChI is InChI=1S/C22H21N5O3/c1-2-5-15(6-3-1)20-24-25-21(29-20)16-13-22(16)8-10-27(11-9-22)14-18-23-19(26-30-18)17-7-4-12-28-17/h1-7,12,16H,8-11,13-14H2/t16-/m1/s1. The van der Waals surface area contributed by atoms with Crippen molar-refractivity contribution in [3.05, 3.63) is 60.5 Å². The average Bonchev–Trinajstić information content (AvgIpc) is 3.31. The van der Waals surface area contributed by atoms with Crippen LogP contribution in [0, 0.1) is 5.41 Å². The molecule has 0 unspecified atom stereocenters. The summed E-state index contributed by atoms with van der Waals surface area (Å²) in [6.07, 6.45) is 4.95. The highest BCUT2D eigenvalue weighted by Crippen LogP contribution is 2.64. The van der Waals surface area contributed by atoms with Crippen LogP contribution in [0.2, 0.25) is 0 Å². The van der Waals surface area contributed by atoms with Crippen molar-refractivity contribution >= 4 is 0 Å². The second-order valence-corrected chi connectivity index (χ2v) is 8.20. The minimum absolute atomic E-state index is 0.297. The number of hydrogen-bond acceptors (Lipinski definition) is 8. The zero-order valence-corrected chi connectivity index (χ0v) is 16.4. The first kappa shape index (κ1) is 17.6. The predicted molar refractivity (Wildman–Crippen MR) is 106 cm³/mol. The first-order valence-corrected chi connectivity index (χ1v) is 10.3. The highest BCUT2D eigenvalue weighted by Gasteiger charge is 2.58. The highest BCUT2D eigenvalue weighted by atomic mass is 16.5. The number of furan rings is 1. The molecular formula is C22H21N5O3. The molecule has 1 saturated heterocycles. The lowest BCUT2D eigenvalue weighted by atomic mass is 9.91. The van der Waals surface area contributed by atoms with Crippen LogP contribution in [0.3, 0.4) is 0 Å². The van der Waals surface area contributed by atoms with E-state index in [0.717, 1.165) is 43.8 Å². The molecule has 152 valence electrons. The number of piperidine rings is 1. The van der Waals surface area contributed by atoms with Gasteiger partial charge in [-0.05, 0) is 62.0 Å². The van der Waals surface area contributed by atoms with E-state index < -0.39 is 0 Å². The normalized spacial score (nSPS) is 20.6. The molecule has 0 bridgehead atoms. The fourth-order valence-electron chi connectivity index (χ4n) is 4.49. The van der Waals surface area contributed by atoms with Crippen LogP contribution in [0.4, 0.5) is 0 Å². The van der Waals surface area contributed by atoms with E-state index in [1.165, 1.54) is 0 Å².